The molecule has 0 amide bonds. The van der Waals surface area contributed by atoms with Crippen LogP contribution in [0.5, 0.6) is 0 Å². The summed E-state index contributed by atoms with van der Waals surface area (Å²) < 4.78 is 2.18. The van der Waals surface area contributed by atoms with Gasteiger partial charge in [-0.15, -0.1) is 0 Å². The fourth-order valence-electron chi connectivity index (χ4n) is 1.71. The molecule has 16 heavy (non-hydrogen) atoms. The molecule has 3 nitrogen and oxygen atoms in total. The number of nitrogens with zero attached hydrogens (tertiary/aromatic N) is 3. The monoisotopic (exact) mass is 215 g/mol. The van der Waals surface area contributed by atoms with Gasteiger partial charge in [-0.1, -0.05) is 19.4 Å². The Balaban J connectivity index is 2.07. The minimum Gasteiger partial charge on any atom is -0.329 e. The Bertz CT molecular complexity index is 420. The summed E-state index contributed by atoms with van der Waals surface area (Å²) in [6.07, 6.45) is 9.18. The highest BCUT2D eigenvalue weighted by Gasteiger charge is 2.03. The number of rotatable bonds is 5. The highest BCUT2D eigenvalue weighted by Crippen LogP contribution is 2.06. The molecule has 84 valence electrons. The third kappa shape index (κ3) is 2.69. The van der Waals surface area contributed by atoms with Gasteiger partial charge in [-0.05, 0) is 18.6 Å². The van der Waals surface area contributed by atoms with Crippen molar-refractivity contribution in [1.29, 1.82) is 0 Å². The van der Waals surface area contributed by atoms with Crippen LogP contribution in [0, 0.1) is 0 Å². The van der Waals surface area contributed by atoms with Crippen molar-refractivity contribution < 1.29 is 0 Å². The summed E-state index contributed by atoms with van der Waals surface area (Å²) in [4.78, 5) is 8.71. The van der Waals surface area contributed by atoms with Gasteiger partial charge in [0.1, 0.15) is 5.82 Å². The van der Waals surface area contributed by atoms with Crippen LogP contribution in [0.1, 0.15) is 31.3 Å². The molecular formula is C13H17N3. The number of pyridine rings is 1. The van der Waals surface area contributed by atoms with Crippen LogP contribution in [-0.4, -0.2) is 14.5 Å². The smallest absolute Gasteiger partial charge is 0.108 e. The largest absolute Gasteiger partial charge is 0.329 e. The highest BCUT2D eigenvalue weighted by molar-refractivity contribution is 5.06. The summed E-state index contributed by atoms with van der Waals surface area (Å²) in [7, 11) is 0. The van der Waals surface area contributed by atoms with Gasteiger partial charge in [0.15, 0.2) is 0 Å². The van der Waals surface area contributed by atoms with Crippen molar-refractivity contribution in [2.45, 2.75) is 32.7 Å². The first-order valence-corrected chi connectivity index (χ1v) is 5.80. The summed E-state index contributed by atoms with van der Waals surface area (Å²) >= 11 is 0. The van der Waals surface area contributed by atoms with Crippen LogP contribution < -0.4 is 0 Å². The molecule has 0 fully saturated rings. The topological polar surface area (TPSA) is 30.7 Å². The molecule has 0 aliphatic carbocycles. The van der Waals surface area contributed by atoms with E-state index in [1.54, 1.807) is 0 Å². The number of aromatic nitrogens is 3. The zero-order valence-electron chi connectivity index (χ0n) is 9.63. The molecule has 0 saturated heterocycles. The van der Waals surface area contributed by atoms with E-state index in [1.807, 2.05) is 36.8 Å². The summed E-state index contributed by atoms with van der Waals surface area (Å²) in [5.41, 5.74) is 1.08. The number of imidazole rings is 1. The lowest BCUT2D eigenvalue weighted by Crippen LogP contribution is -2.05. The van der Waals surface area contributed by atoms with Gasteiger partial charge < -0.3 is 4.57 Å². The third-order valence-corrected chi connectivity index (χ3v) is 2.61. The van der Waals surface area contributed by atoms with E-state index in [0.29, 0.717) is 0 Å². The lowest BCUT2D eigenvalue weighted by Gasteiger charge is -2.06. The molecule has 2 rings (SSSR count). The van der Waals surface area contributed by atoms with Gasteiger partial charge in [-0.25, -0.2) is 4.98 Å². The second-order valence-corrected chi connectivity index (χ2v) is 3.90. The van der Waals surface area contributed by atoms with E-state index >= 15 is 0 Å². The van der Waals surface area contributed by atoms with Gasteiger partial charge in [0, 0.05) is 25.0 Å². The average Bonchev–Trinajstić information content (AvgIpc) is 2.75. The number of hydrogen-bond donors (Lipinski definition) is 0. The number of unbranched alkanes of at least 4 members (excludes halogenated alkanes) is 1. The van der Waals surface area contributed by atoms with Crippen molar-refractivity contribution in [1.82, 2.24) is 14.5 Å². The molecule has 2 aromatic heterocycles. The molecule has 0 atom stereocenters. The van der Waals surface area contributed by atoms with Gasteiger partial charge in [-0.2, -0.15) is 0 Å². The maximum absolute atomic E-state index is 4.39. The Morgan fingerprint density at radius 2 is 2.12 bits per heavy atom. The van der Waals surface area contributed by atoms with Crippen LogP contribution in [0.25, 0.3) is 0 Å². The Labute approximate surface area is 96.2 Å². The predicted octanol–water partition coefficient (Wildman–Crippen LogP) is 2.67. The minimum absolute atomic E-state index is 0.819. The molecule has 2 heterocycles. The van der Waals surface area contributed by atoms with Gasteiger partial charge >= 0.3 is 0 Å². The second kappa shape index (κ2) is 5.45. The van der Waals surface area contributed by atoms with Crippen molar-refractivity contribution in [3.05, 3.63) is 48.3 Å². The highest BCUT2D eigenvalue weighted by atomic mass is 15.1. The van der Waals surface area contributed by atoms with E-state index in [2.05, 4.69) is 21.5 Å². The summed E-state index contributed by atoms with van der Waals surface area (Å²) in [6, 6.07) is 6.00. The molecule has 0 aliphatic heterocycles. The van der Waals surface area contributed by atoms with Gasteiger partial charge in [-0.3, -0.25) is 4.98 Å². The lowest BCUT2D eigenvalue weighted by molar-refractivity contribution is 0.670. The molecular weight excluding hydrogens is 198 g/mol. The van der Waals surface area contributed by atoms with Crippen LogP contribution >= 0.6 is 0 Å². The molecule has 0 bridgehead atoms. The molecule has 0 saturated carbocycles. The Morgan fingerprint density at radius 3 is 2.88 bits per heavy atom. The first-order valence-electron chi connectivity index (χ1n) is 5.80. The number of hydrogen-bond acceptors (Lipinski definition) is 2. The molecule has 0 N–H and O–H groups in total. The maximum Gasteiger partial charge on any atom is 0.108 e. The molecule has 0 aromatic carbocycles. The van der Waals surface area contributed by atoms with Crippen molar-refractivity contribution in [2.75, 3.05) is 0 Å². The van der Waals surface area contributed by atoms with Gasteiger partial charge in [0.25, 0.3) is 0 Å². The van der Waals surface area contributed by atoms with Crippen LogP contribution in [0.15, 0.2) is 36.8 Å². The summed E-state index contributed by atoms with van der Waals surface area (Å²) in [5.74, 6) is 1.16. The third-order valence-electron chi connectivity index (χ3n) is 2.61. The summed E-state index contributed by atoms with van der Waals surface area (Å²) in [6.45, 7) is 3.02. The van der Waals surface area contributed by atoms with E-state index in [0.717, 1.165) is 24.5 Å². The first-order chi connectivity index (χ1) is 7.90. The van der Waals surface area contributed by atoms with Crippen molar-refractivity contribution in [2.24, 2.45) is 0 Å². The van der Waals surface area contributed by atoms with E-state index in [4.69, 9.17) is 0 Å². The zero-order valence-corrected chi connectivity index (χ0v) is 9.63. The average molecular weight is 215 g/mol. The molecule has 0 aliphatic rings. The molecule has 0 radical (unpaired) electrons. The standard InChI is InChI=1S/C13H17N3/c1-2-3-7-13-15-9-10-16(13)11-12-6-4-5-8-14-12/h4-6,8-10H,2-3,7,11H2,1H3. The predicted molar refractivity (Wildman–Crippen MR) is 64.2 cm³/mol. The lowest BCUT2D eigenvalue weighted by atomic mass is 10.2. The van der Waals surface area contributed by atoms with Crippen LogP contribution in [0.3, 0.4) is 0 Å². The zero-order chi connectivity index (χ0) is 11.2. The Kier molecular flexibility index (Phi) is 3.70. The SMILES string of the molecule is CCCCc1nccn1Cc1ccccn1. The molecule has 0 spiro atoms. The van der Waals surface area contributed by atoms with E-state index < -0.39 is 0 Å². The normalized spacial score (nSPS) is 10.6. The van der Waals surface area contributed by atoms with Crippen molar-refractivity contribution in [3.8, 4) is 0 Å². The first kappa shape index (κ1) is 10.9. The van der Waals surface area contributed by atoms with Gasteiger partial charge in [0.05, 0.1) is 12.2 Å². The van der Waals surface area contributed by atoms with Crippen LogP contribution in [-0.2, 0) is 13.0 Å². The molecule has 2 aromatic rings. The fourth-order valence-corrected chi connectivity index (χ4v) is 1.71. The fraction of sp³-hybridized carbons (Fsp3) is 0.385. The van der Waals surface area contributed by atoms with Crippen LogP contribution in [0.2, 0.25) is 0 Å². The van der Waals surface area contributed by atoms with E-state index in [9.17, 15) is 0 Å². The molecule has 0 unspecified atom stereocenters. The van der Waals surface area contributed by atoms with Crippen LogP contribution in [0.4, 0.5) is 0 Å². The maximum atomic E-state index is 4.39. The quantitative estimate of drug-likeness (QED) is 0.767. The van der Waals surface area contributed by atoms with E-state index in [1.165, 1.54) is 12.8 Å². The minimum atomic E-state index is 0.819. The Morgan fingerprint density at radius 1 is 1.19 bits per heavy atom. The summed E-state index contributed by atoms with van der Waals surface area (Å²) in [5, 5.41) is 0. The molecule has 3 heteroatoms. The second-order valence-electron chi connectivity index (χ2n) is 3.90. The Hall–Kier alpha value is -1.64. The van der Waals surface area contributed by atoms with Crippen molar-refractivity contribution >= 4 is 0 Å². The van der Waals surface area contributed by atoms with Gasteiger partial charge in [0.2, 0.25) is 0 Å². The van der Waals surface area contributed by atoms with Crippen molar-refractivity contribution in [3.63, 3.8) is 0 Å². The van der Waals surface area contributed by atoms with E-state index in [-0.39, 0.29) is 0 Å². The number of aryl methyl sites for hydroxylation is 1.